The number of aromatic nitrogens is 3. The van der Waals surface area contributed by atoms with Crippen LogP contribution in [0.3, 0.4) is 0 Å². The molecule has 3 N–H and O–H groups in total. The Hall–Kier alpha value is -2.09. The van der Waals surface area contributed by atoms with Gasteiger partial charge in [0.15, 0.2) is 0 Å². The number of anilines is 1. The highest BCUT2D eigenvalue weighted by Crippen LogP contribution is 2.58. The van der Waals surface area contributed by atoms with Crippen molar-refractivity contribution in [1.29, 1.82) is 0 Å². The average molecular weight is 416 g/mol. The van der Waals surface area contributed by atoms with Crippen molar-refractivity contribution in [2.75, 3.05) is 11.5 Å². The van der Waals surface area contributed by atoms with Crippen LogP contribution in [0, 0.1) is 23.6 Å². The van der Waals surface area contributed by atoms with Gasteiger partial charge in [0.1, 0.15) is 5.82 Å². The number of thioether (sulfide) groups is 1. The zero-order valence-corrected chi connectivity index (χ0v) is 17.1. The standard InChI is InChI=1S/C21H26FN5OS/c22-17-3-1-13(2-4-17)11-27(18(28)12-29-20-24-19(23)25-26-20)21-8-14-5-15(9-21)7-16(6-14)10-21/h1-4,14-16H,5-12H2,(H3,23,24,25,26). The summed E-state index contributed by atoms with van der Waals surface area (Å²) in [5, 5.41) is 7.12. The van der Waals surface area contributed by atoms with Gasteiger partial charge in [0, 0.05) is 12.1 Å². The SMILES string of the molecule is Nc1nc(SCC(=O)N(Cc2ccc(F)cc2)C23CC4CC(CC(C4)C2)C3)n[nH]1. The third-order valence-corrected chi connectivity index (χ3v) is 7.77. The zero-order valence-electron chi connectivity index (χ0n) is 16.3. The first kappa shape index (κ1) is 18.9. The van der Waals surface area contributed by atoms with Crippen molar-refractivity contribution in [2.24, 2.45) is 17.8 Å². The molecule has 8 heteroatoms. The summed E-state index contributed by atoms with van der Waals surface area (Å²) in [7, 11) is 0. The Bertz CT molecular complexity index is 863. The molecule has 4 saturated carbocycles. The highest BCUT2D eigenvalue weighted by molar-refractivity contribution is 7.99. The number of nitrogens with zero attached hydrogens (tertiary/aromatic N) is 3. The minimum absolute atomic E-state index is 0.0567. The number of nitrogen functional groups attached to an aromatic ring is 1. The summed E-state index contributed by atoms with van der Waals surface area (Å²) in [5.74, 6) is 2.61. The van der Waals surface area contributed by atoms with Gasteiger partial charge in [-0.3, -0.25) is 4.79 Å². The van der Waals surface area contributed by atoms with E-state index in [1.807, 2.05) is 0 Å². The van der Waals surface area contributed by atoms with Gasteiger partial charge in [-0.25, -0.2) is 9.49 Å². The van der Waals surface area contributed by atoms with E-state index in [0.717, 1.165) is 42.6 Å². The van der Waals surface area contributed by atoms with E-state index >= 15 is 0 Å². The summed E-state index contributed by atoms with van der Waals surface area (Å²) in [6.45, 7) is 0.530. The van der Waals surface area contributed by atoms with Crippen LogP contribution in [-0.4, -0.2) is 37.3 Å². The highest BCUT2D eigenvalue weighted by Gasteiger charge is 2.54. The molecule has 4 aliphatic carbocycles. The molecule has 1 aromatic carbocycles. The molecule has 6 rings (SSSR count). The topological polar surface area (TPSA) is 87.9 Å². The van der Waals surface area contributed by atoms with Crippen molar-refractivity contribution in [1.82, 2.24) is 20.1 Å². The van der Waals surface area contributed by atoms with Crippen LogP contribution < -0.4 is 5.73 Å². The lowest BCUT2D eigenvalue weighted by atomic mass is 9.52. The molecule has 1 aromatic heterocycles. The number of nitrogens with one attached hydrogen (secondary N) is 1. The molecule has 4 fully saturated rings. The van der Waals surface area contributed by atoms with Gasteiger partial charge in [-0.1, -0.05) is 23.9 Å². The fraction of sp³-hybridized carbons (Fsp3) is 0.571. The van der Waals surface area contributed by atoms with Gasteiger partial charge in [-0.15, -0.1) is 5.10 Å². The highest BCUT2D eigenvalue weighted by atomic mass is 32.2. The minimum atomic E-state index is -0.251. The van der Waals surface area contributed by atoms with Crippen LogP contribution >= 0.6 is 11.8 Å². The Morgan fingerprint density at radius 2 is 1.79 bits per heavy atom. The van der Waals surface area contributed by atoms with Crippen LogP contribution in [0.25, 0.3) is 0 Å². The molecule has 1 heterocycles. The molecule has 0 unspecified atom stereocenters. The Balaban J connectivity index is 1.39. The Labute approximate surface area is 173 Å². The van der Waals surface area contributed by atoms with Gasteiger partial charge >= 0.3 is 0 Å². The average Bonchev–Trinajstić information content (AvgIpc) is 3.10. The predicted molar refractivity (Wildman–Crippen MR) is 109 cm³/mol. The third-order valence-electron chi connectivity index (χ3n) is 6.94. The maximum absolute atomic E-state index is 13.4. The second-order valence-corrected chi connectivity index (χ2v) is 9.98. The Kier molecular flexibility index (Phi) is 4.76. The van der Waals surface area contributed by atoms with E-state index in [-0.39, 0.29) is 29.0 Å². The van der Waals surface area contributed by atoms with Crippen molar-refractivity contribution >= 4 is 23.6 Å². The van der Waals surface area contributed by atoms with Crippen molar-refractivity contribution < 1.29 is 9.18 Å². The van der Waals surface area contributed by atoms with E-state index in [9.17, 15) is 9.18 Å². The molecular weight excluding hydrogens is 389 g/mol. The van der Waals surface area contributed by atoms with Gasteiger partial charge in [0.05, 0.1) is 5.75 Å². The molecule has 0 atom stereocenters. The van der Waals surface area contributed by atoms with Crippen molar-refractivity contribution in [3.63, 3.8) is 0 Å². The molecule has 0 aliphatic heterocycles. The molecule has 0 radical (unpaired) electrons. The van der Waals surface area contributed by atoms with Crippen LogP contribution in [0.15, 0.2) is 29.4 Å². The number of carbonyl (C=O) groups is 1. The summed E-state index contributed by atoms with van der Waals surface area (Å²) in [6, 6.07) is 6.53. The summed E-state index contributed by atoms with van der Waals surface area (Å²) < 4.78 is 13.4. The maximum Gasteiger partial charge on any atom is 0.233 e. The second kappa shape index (κ2) is 7.31. The molecule has 4 bridgehead atoms. The molecule has 154 valence electrons. The van der Waals surface area contributed by atoms with E-state index in [0.29, 0.717) is 11.7 Å². The molecule has 0 spiro atoms. The molecule has 6 nitrogen and oxygen atoms in total. The number of carbonyl (C=O) groups excluding carboxylic acids is 1. The van der Waals surface area contributed by atoms with Crippen LogP contribution in [-0.2, 0) is 11.3 Å². The Morgan fingerprint density at radius 3 is 2.34 bits per heavy atom. The number of halogens is 1. The first-order chi connectivity index (χ1) is 14.0. The van der Waals surface area contributed by atoms with Crippen LogP contribution in [0.4, 0.5) is 10.3 Å². The summed E-state index contributed by atoms with van der Waals surface area (Å²) in [4.78, 5) is 19.6. The van der Waals surface area contributed by atoms with Gasteiger partial charge in [0.2, 0.25) is 17.0 Å². The summed E-state index contributed by atoms with van der Waals surface area (Å²) in [6.07, 6.45) is 7.27. The molecule has 1 amide bonds. The Morgan fingerprint density at radius 1 is 1.17 bits per heavy atom. The molecule has 0 saturated heterocycles. The van der Waals surface area contributed by atoms with E-state index in [1.54, 1.807) is 12.1 Å². The first-order valence-electron chi connectivity index (χ1n) is 10.3. The lowest BCUT2D eigenvalue weighted by Crippen LogP contribution is -2.61. The number of nitrogens with two attached hydrogens (primary N) is 1. The number of hydrogen-bond donors (Lipinski definition) is 2. The number of amides is 1. The van der Waals surface area contributed by atoms with Gasteiger partial charge in [0.25, 0.3) is 0 Å². The van der Waals surface area contributed by atoms with Gasteiger partial charge in [-0.05, 0) is 74.0 Å². The van der Waals surface area contributed by atoms with E-state index in [2.05, 4.69) is 20.1 Å². The van der Waals surface area contributed by atoms with Gasteiger partial charge in [-0.2, -0.15) is 4.98 Å². The number of aromatic amines is 1. The molecule has 29 heavy (non-hydrogen) atoms. The smallest absolute Gasteiger partial charge is 0.233 e. The lowest BCUT2D eigenvalue weighted by molar-refractivity contribution is -0.149. The fourth-order valence-electron chi connectivity index (χ4n) is 6.22. The zero-order chi connectivity index (χ0) is 20.0. The number of hydrogen-bond acceptors (Lipinski definition) is 5. The van der Waals surface area contributed by atoms with E-state index in [4.69, 9.17) is 5.73 Å². The van der Waals surface area contributed by atoms with Crippen LogP contribution in [0.2, 0.25) is 0 Å². The summed E-state index contributed by atoms with van der Waals surface area (Å²) >= 11 is 1.31. The van der Waals surface area contributed by atoms with Gasteiger partial charge < -0.3 is 10.6 Å². The second-order valence-electron chi connectivity index (χ2n) is 9.04. The number of H-pyrrole nitrogens is 1. The van der Waals surface area contributed by atoms with Crippen molar-refractivity contribution in [2.45, 2.75) is 55.8 Å². The summed E-state index contributed by atoms with van der Waals surface area (Å²) in [5.41, 5.74) is 6.51. The van der Waals surface area contributed by atoms with Crippen LogP contribution in [0.5, 0.6) is 0 Å². The molecular formula is C21H26FN5OS. The monoisotopic (exact) mass is 415 g/mol. The van der Waals surface area contributed by atoms with E-state index in [1.165, 1.54) is 43.2 Å². The van der Waals surface area contributed by atoms with Crippen LogP contribution in [0.1, 0.15) is 44.1 Å². The first-order valence-corrected chi connectivity index (χ1v) is 11.3. The largest absolute Gasteiger partial charge is 0.368 e. The normalized spacial score (nSPS) is 29.9. The minimum Gasteiger partial charge on any atom is -0.368 e. The molecule has 4 aliphatic rings. The third kappa shape index (κ3) is 3.74. The maximum atomic E-state index is 13.4. The predicted octanol–water partition coefficient (Wildman–Crippen LogP) is 3.62. The van der Waals surface area contributed by atoms with Crippen molar-refractivity contribution in [3.05, 3.63) is 35.6 Å². The lowest BCUT2D eigenvalue weighted by Gasteiger charge is -2.60. The fourth-order valence-corrected chi connectivity index (χ4v) is 6.90. The molecule has 2 aromatic rings. The van der Waals surface area contributed by atoms with Crippen molar-refractivity contribution in [3.8, 4) is 0 Å². The number of benzene rings is 1. The number of rotatable bonds is 6. The van der Waals surface area contributed by atoms with E-state index < -0.39 is 0 Å². The quantitative estimate of drug-likeness (QED) is 0.704.